The summed E-state index contributed by atoms with van der Waals surface area (Å²) in [5.74, 6) is 2.20. The summed E-state index contributed by atoms with van der Waals surface area (Å²) >= 11 is 0. The van der Waals surface area contributed by atoms with Gasteiger partial charge in [-0.1, -0.05) is 6.07 Å². The molecule has 0 amide bonds. The number of ether oxygens (including phenoxy) is 1. The summed E-state index contributed by atoms with van der Waals surface area (Å²) in [7, 11) is 1.69. The molecule has 0 spiro atoms. The molecule has 31 heavy (non-hydrogen) atoms. The normalized spacial score (nSPS) is 11.2. The SMILES string of the molecule is COc1ccc2[nH]cc(CCNc3nccc(Nc4ccc5cc(C)[nH]c5c4)n3)c2c1. The van der Waals surface area contributed by atoms with Crippen molar-refractivity contribution in [2.24, 2.45) is 0 Å². The van der Waals surface area contributed by atoms with Crippen molar-refractivity contribution in [1.29, 1.82) is 0 Å². The van der Waals surface area contributed by atoms with E-state index in [4.69, 9.17) is 4.74 Å². The van der Waals surface area contributed by atoms with Gasteiger partial charge in [-0.05, 0) is 66.8 Å². The van der Waals surface area contributed by atoms with Crippen LogP contribution in [0.1, 0.15) is 11.3 Å². The number of fused-ring (bicyclic) bond motifs is 2. The van der Waals surface area contributed by atoms with Crippen LogP contribution in [0.25, 0.3) is 21.8 Å². The molecule has 0 aliphatic carbocycles. The van der Waals surface area contributed by atoms with Gasteiger partial charge in [0, 0.05) is 46.7 Å². The lowest BCUT2D eigenvalue weighted by atomic mass is 10.1. The van der Waals surface area contributed by atoms with Gasteiger partial charge in [0.15, 0.2) is 0 Å². The minimum Gasteiger partial charge on any atom is -0.497 e. The van der Waals surface area contributed by atoms with Crippen LogP contribution in [0.5, 0.6) is 5.75 Å². The van der Waals surface area contributed by atoms with Gasteiger partial charge < -0.3 is 25.3 Å². The highest BCUT2D eigenvalue weighted by Gasteiger charge is 2.06. The molecule has 5 aromatic rings. The van der Waals surface area contributed by atoms with Crippen LogP contribution in [0.2, 0.25) is 0 Å². The standard InChI is InChI=1S/C24H24N6O/c1-15-11-16-3-4-18(12-22(16)28-15)29-23-8-10-26-24(30-23)25-9-7-17-14-27-21-6-5-19(31-2)13-20(17)21/h3-6,8,10-14,27-28H,7,9H2,1-2H3,(H2,25,26,29,30). The number of H-pyrrole nitrogens is 2. The molecule has 4 N–H and O–H groups in total. The van der Waals surface area contributed by atoms with Gasteiger partial charge in [-0.15, -0.1) is 0 Å². The van der Waals surface area contributed by atoms with Crippen molar-refractivity contribution in [1.82, 2.24) is 19.9 Å². The number of anilines is 3. The maximum absolute atomic E-state index is 5.35. The summed E-state index contributed by atoms with van der Waals surface area (Å²) in [4.78, 5) is 15.6. The third-order valence-corrected chi connectivity index (χ3v) is 5.34. The van der Waals surface area contributed by atoms with E-state index in [1.807, 2.05) is 24.4 Å². The average Bonchev–Trinajstić information content (AvgIpc) is 3.35. The van der Waals surface area contributed by atoms with Crippen molar-refractivity contribution in [3.8, 4) is 5.75 Å². The van der Waals surface area contributed by atoms with Gasteiger partial charge in [0.05, 0.1) is 7.11 Å². The van der Waals surface area contributed by atoms with Gasteiger partial charge >= 0.3 is 0 Å². The van der Waals surface area contributed by atoms with Gasteiger partial charge in [0.1, 0.15) is 11.6 Å². The van der Waals surface area contributed by atoms with Crippen LogP contribution < -0.4 is 15.4 Å². The van der Waals surface area contributed by atoms with E-state index in [1.54, 1.807) is 13.3 Å². The summed E-state index contributed by atoms with van der Waals surface area (Å²) < 4.78 is 5.35. The van der Waals surface area contributed by atoms with Crippen LogP contribution >= 0.6 is 0 Å². The van der Waals surface area contributed by atoms with Crippen LogP contribution in [0, 0.1) is 6.92 Å². The van der Waals surface area contributed by atoms with E-state index >= 15 is 0 Å². The number of nitrogens with zero attached hydrogens (tertiary/aromatic N) is 2. The van der Waals surface area contributed by atoms with E-state index in [1.165, 1.54) is 16.3 Å². The Bertz CT molecular complexity index is 1350. The van der Waals surface area contributed by atoms with Crippen LogP contribution in [-0.4, -0.2) is 33.6 Å². The fraction of sp³-hybridized carbons (Fsp3) is 0.167. The Morgan fingerprint density at radius 2 is 1.97 bits per heavy atom. The van der Waals surface area contributed by atoms with Gasteiger partial charge in [-0.2, -0.15) is 4.98 Å². The molecule has 7 heteroatoms. The highest BCUT2D eigenvalue weighted by molar-refractivity contribution is 5.85. The Kier molecular flexibility index (Phi) is 4.92. The molecule has 5 rings (SSSR count). The van der Waals surface area contributed by atoms with Crippen molar-refractivity contribution < 1.29 is 4.74 Å². The number of rotatable bonds is 7. The second-order valence-corrected chi connectivity index (χ2v) is 7.55. The number of methoxy groups -OCH3 is 1. The van der Waals surface area contributed by atoms with Gasteiger partial charge in [-0.25, -0.2) is 4.98 Å². The summed E-state index contributed by atoms with van der Waals surface area (Å²) in [6.07, 6.45) is 4.64. The van der Waals surface area contributed by atoms with Crippen LogP contribution in [0.3, 0.4) is 0 Å². The first-order valence-corrected chi connectivity index (χ1v) is 10.3. The molecule has 0 unspecified atom stereocenters. The van der Waals surface area contributed by atoms with E-state index in [9.17, 15) is 0 Å². The molecule has 0 saturated heterocycles. The molecule has 7 nitrogen and oxygen atoms in total. The minimum absolute atomic E-state index is 0.596. The van der Waals surface area contributed by atoms with Gasteiger partial charge in [0.2, 0.25) is 5.95 Å². The monoisotopic (exact) mass is 412 g/mol. The van der Waals surface area contributed by atoms with E-state index < -0.39 is 0 Å². The lowest BCUT2D eigenvalue weighted by Crippen LogP contribution is -2.08. The highest BCUT2D eigenvalue weighted by Crippen LogP contribution is 2.24. The zero-order valence-electron chi connectivity index (χ0n) is 17.5. The Hall–Kier alpha value is -4.00. The van der Waals surface area contributed by atoms with Crippen molar-refractivity contribution in [2.75, 3.05) is 24.3 Å². The van der Waals surface area contributed by atoms with E-state index in [0.29, 0.717) is 5.95 Å². The van der Waals surface area contributed by atoms with Crippen LogP contribution in [0.15, 0.2) is 60.9 Å². The first-order valence-electron chi connectivity index (χ1n) is 10.3. The number of nitrogens with one attached hydrogen (secondary N) is 4. The number of aryl methyl sites for hydroxylation is 1. The predicted molar refractivity (Wildman–Crippen MR) is 125 cm³/mol. The largest absolute Gasteiger partial charge is 0.497 e. The van der Waals surface area contributed by atoms with E-state index in [2.05, 4.69) is 67.8 Å². The molecule has 0 atom stereocenters. The number of aromatic amines is 2. The molecule has 0 radical (unpaired) electrons. The van der Waals surface area contributed by atoms with Crippen molar-refractivity contribution in [2.45, 2.75) is 13.3 Å². The smallest absolute Gasteiger partial charge is 0.224 e. The van der Waals surface area contributed by atoms with Crippen LogP contribution in [-0.2, 0) is 6.42 Å². The summed E-state index contributed by atoms with van der Waals surface area (Å²) in [6, 6.07) is 16.3. The molecule has 2 aromatic carbocycles. The first kappa shape index (κ1) is 19.0. The maximum atomic E-state index is 5.35. The topological polar surface area (TPSA) is 90.6 Å². The fourth-order valence-electron chi connectivity index (χ4n) is 3.81. The molecule has 0 saturated carbocycles. The second-order valence-electron chi connectivity index (χ2n) is 7.55. The van der Waals surface area contributed by atoms with Crippen molar-refractivity contribution in [3.63, 3.8) is 0 Å². The Morgan fingerprint density at radius 3 is 2.87 bits per heavy atom. The fourth-order valence-corrected chi connectivity index (χ4v) is 3.81. The summed E-state index contributed by atoms with van der Waals surface area (Å²) in [5.41, 5.74) is 5.56. The Morgan fingerprint density at radius 1 is 1.03 bits per heavy atom. The van der Waals surface area contributed by atoms with E-state index in [0.717, 1.165) is 46.9 Å². The lowest BCUT2D eigenvalue weighted by Gasteiger charge is -2.09. The third-order valence-electron chi connectivity index (χ3n) is 5.34. The molecular formula is C24H24N6O. The van der Waals surface area contributed by atoms with Crippen molar-refractivity contribution >= 4 is 39.3 Å². The second kappa shape index (κ2) is 8.02. The number of benzene rings is 2. The molecule has 0 fully saturated rings. The predicted octanol–water partition coefficient (Wildman–Crippen LogP) is 5.15. The number of aromatic nitrogens is 4. The minimum atomic E-state index is 0.596. The summed E-state index contributed by atoms with van der Waals surface area (Å²) in [5, 5.41) is 9.05. The molecule has 0 aliphatic heterocycles. The molecule has 0 aliphatic rings. The third kappa shape index (κ3) is 4.02. The number of hydrogen-bond acceptors (Lipinski definition) is 5. The maximum Gasteiger partial charge on any atom is 0.224 e. The van der Waals surface area contributed by atoms with E-state index in [-0.39, 0.29) is 0 Å². The van der Waals surface area contributed by atoms with Crippen molar-refractivity contribution in [3.05, 3.63) is 72.2 Å². The molecule has 156 valence electrons. The zero-order chi connectivity index (χ0) is 21.2. The van der Waals surface area contributed by atoms with Crippen LogP contribution in [0.4, 0.5) is 17.5 Å². The molecule has 0 bridgehead atoms. The number of hydrogen-bond donors (Lipinski definition) is 4. The summed E-state index contributed by atoms with van der Waals surface area (Å²) in [6.45, 7) is 2.78. The molecule has 3 heterocycles. The van der Waals surface area contributed by atoms with Gasteiger partial charge in [-0.3, -0.25) is 0 Å². The Labute approximate surface area is 179 Å². The Balaban J connectivity index is 1.25. The molecular weight excluding hydrogens is 388 g/mol. The first-order chi connectivity index (χ1) is 15.2. The zero-order valence-corrected chi connectivity index (χ0v) is 17.5. The highest BCUT2D eigenvalue weighted by atomic mass is 16.5. The average molecular weight is 412 g/mol. The van der Waals surface area contributed by atoms with Gasteiger partial charge in [0.25, 0.3) is 0 Å². The lowest BCUT2D eigenvalue weighted by molar-refractivity contribution is 0.415. The molecule has 3 aromatic heterocycles. The quantitative estimate of drug-likeness (QED) is 0.297.